The highest BCUT2D eigenvalue weighted by molar-refractivity contribution is 6.23. The van der Waals surface area contributed by atoms with Crippen LogP contribution in [0.2, 0.25) is 0 Å². The summed E-state index contributed by atoms with van der Waals surface area (Å²) in [5, 5.41) is 11.3. The van der Waals surface area contributed by atoms with Crippen molar-refractivity contribution in [1.29, 1.82) is 0 Å². The van der Waals surface area contributed by atoms with Gasteiger partial charge >= 0.3 is 0 Å². The SMILES string of the molecule is O=C1CCC(N2C(=O)c3cc4c(cc3C2=O)OC(CO)CO4)C(=O)N1. The zero-order valence-electron chi connectivity index (χ0n) is 13.0. The minimum Gasteiger partial charge on any atom is -0.486 e. The first-order valence-corrected chi connectivity index (χ1v) is 7.79. The normalized spacial score (nSPS) is 25.1. The summed E-state index contributed by atoms with van der Waals surface area (Å²) in [5.41, 5.74) is 0.232. The smallest absolute Gasteiger partial charge is 0.262 e. The molecule has 0 bridgehead atoms. The van der Waals surface area contributed by atoms with Crippen molar-refractivity contribution in [3.05, 3.63) is 23.3 Å². The first-order chi connectivity index (χ1) is 12.0. The van der Waals surface area contributed by atoms with Gasteiger partial charge in [-0.1, -0.05) is 0 Å². The number of amides is 4. The molecule has 25 heavy (non-hydrogen) atoms. The highest BCUT2D eigenvalue weighted by Crippen LogP contribution is 2.38. The predicted octanol–water partition coefficient (Wildman–Crippen LogP) is -0.780. The fraction of sp³-hybridized carbons (Fsp3) is 0.375. The van der Waals surface area contributed by atoms with Crippen molar-refractivity contribution in [3.8, 4) is 11.5 Å². The predicted molar refractivity (Wildman–Crippen MR) is 80.1 cm³/mol. The Morgan fingerprint density at radius 2 is 1.80 bits per heavy atom. The third-order valence-corrected chi connectivity index (χ3v) is 4.43. The minimum absolute atomic E-state index is 0.0602. The van der Waals surface area contributed by atoms with Crippen molar-refractivity contribution in [2.24, 2.45) is 0 Å². The van der Waals surface area contributed by atoms with Crippen LogP contribution in [0.15, 0.2) is 12.1 Å². The van der Waals surface area contributed by atoms with E-state index in [-0.39, 0.29) is 42.9 Å². The molecule has 0 saturated carbocycles. The van der Waals surface area contributed by atoms with E-state index in [0.717, 1.165) is 4.90 Å². The topological polar surface area (TPSA) is 122 Å². The zero-order chi connectivity index (χ0) is 17.7. The Balaban J connectivity index is 1.68. The lowest BCUT2D eigenvalue weighted by Crippen LogP contribution is -2.54. The number of carbonyl (C=O) groups is 4. The number of carbonyl (C=O) groups excluding carboxylic acids is 4. The molecule has 3 heterocycles. The van der Waals surface area contributed by atoms with E-state index < -0.39 is 35.8 Å². The molecule has 2 unspecified atom stereocenters. The van der Waals surface area contributed by atoms with E-state index in [1.54, 1.807) is 0 Å². The molecule has 1 fully saturated rings. The summed E-state index contributed by atoms with van der Waals surface area (Å²) in [5.74, 6) is -1.75. The third-order valence-electron chi connectivity index (χ3n) is 4.43. The van der Waals surface area contributed by atoms with Crippen LogP contribution in [-0.4, -0.2) is 59.0 Å². The number of aliphatic hydroxyl groups is 1. The number of piperidine rings is 1. The van der Waals surface area contributed by atoms with Gasteiger partial charge < -0.3 is 14.6 Å². The molecule has 1 saturated heterocycles. The molecule has 9 heteroatoms. The van der Waals surface area contributed by atoms with Gasteiger partial charge in [0.1, 0.15) is 12.6 Å². The van der Waals surface area contributed by atoms with Crippen LogP contribution in [0, 0.1) is 0 Å². The molecule has 3 aliphatic heterocycles. The van der Waals surface area contributed by atoms with Crippen LogP contribution in [0.25, 0.3) is 0 Å². The number of fused-ring (bicyclic) bond motifs is 2. The molecule has 1 aromatic carbocycles. The highest BCUT2D eigenvalue weighted by Gasteiger charge is 2.45. The average molecular weight is 346 g/mol. The van der Waals surface area contributed by atoms with Gasteiger partial charge in [0.15, 0.2) is 17.6 Å². The van der Waals surface area contributed by atoms with Gasteiger partial charge in [0.2, 0.25) is 11.8 Å². The van der Waals surface area contributed by atoms with Gasteiger partial charge in [0, 0.05) is 6.42 Å². The molecule has 4 amide bonds. The molecule has 2 N–H and O–H groups in total. The molecular formula is C16H14N2O7. The minimum atomic E-state index is -1.02. The zero-order valence-corrected chi connectivity index (χ0v) is 13.0. The summed E-state index contributed by atoms with van der Waals surface area (Å²) >= 11 is 0. The van der Waals surface area contributed by atoms with Crippen molar-refractivity contribution in [1.82, 2.24) is 10.2 Å². The maximum Gasteiger partial charge on any atom is 0.262 e. The first kappa shape index (κ1) is 15.6. The van der Waals surface area contributed by atoms with Crippen LogP contribution in [0.3, 0.4) is 0 Å². The summed E-state index contributed by atoms with van der Waals surface area (Å²) in [4.78, 5) is 49.5. The maximum atomic E-state index is 12.7. The van der Waals surface area contributed by atoms with E-state index in [1.165, 1.54) is 12.1 Å². The van der Waals surface area contributed by atoms with Gasteiger partial charge in [0.25, 0.3) is 11.8 Å². The maximum absolute atomic E-state index is 12.7. The number of ether oxygens (including phenoxy) is 2. The van der Waals surface area contributed by atoms with Crippen molar-refractivity contribution in [2.45, 2.75) is 25.0 Å². The molecule has 130 valence electrons. The summed E-state index contributed by atoms with van der Waals surface area (Å²) in [6.45, 7) is -0.118. The Bertz CT molecular complexity index is 819. The summed E-state index contributed by atoms with van der Waals surface area (Å²) in [6.07, 6.45) is -0.399. The van der Waals surface area contributed by atoms with E-state index in [9.17, 15) is 19.2 Å². The fourth-order valence-electron chi connectivity index (χ4n) is 3.17. The van der Waals surface area contributed by atoms with Crippen molar-refractivity contribution in [2.75, 3.05) is 13.2 Å². The molecule has 9 nitrogen and oxygen atoms in total. The number of hydrogen-bond donors (Lipinski definition) is 2. The standard InChI is InChI=1S/C16H14N2O7/c19-5-7-6-24-11-3-8-9(4-12(11)25-7)16(23)18(15(8)22)10-1-2-13(20)17-14(10)21/h3-4,7,10,19H,1-2,5-6H2,(H,17,20,21). The van der Waals surface area contributed by atoms with Gasteiger partial charge in [-0.15, -0.1) is 0 Å². The number of nitrogens with zero attached hydrogens (tertiary/aromatic N) is 1. The monoisotopic (exact) mass is 346 g/mol. The molecule has 4 rings (SSSR count). The van der Waals surface area contributed by atoms with E-state index in [0.29, 0.717) is 5.75 Å². The first-order valence-electron chi connectivity index (χ1n) is 7.79. The van der Waals surface area contributed by atoms with Crippen LogP contribution in [0.5, 0.6) is 11.5 Å². The molecule has 0 aromatic heterocycles. The third kappa shape index (κ3) is 2.35. The second-order valence-electron chi connectivity index (χ2n) is 6.03. The Morgan fingerprint density at radius 3 is 2.44 bits per heavy atom. The van der Waals surface area contributed by atoms with Crippen LogP contribution >= 0.6 is 0 Å². The van der Waals surface area contributed by atoms with E-state index >= 15 is 0 Å². The molecule has 0 spiro atoms. The van der Waals surface area contributed by atoms with Crippen molar-refractivity contribution < 1.29 is 33.8 Å². The molecule has 0 radical (unpaired) electrons. The largest absolute Gasteiger partial charge is 0.486 e. The molecule has 1 aromatic rings. The summed E-state index contributed by atoms with van der Waals surface area (Å²) in [6, 6.07) is 1.78. The lowest BCUT2D eigenvalue weighted by molar-refractivity contribution is -0.136. The number of hydrogen-bond acceptors (Lipinski definition) is 7. The van der Waals surface area contributed by atoms with Gasteiger partial charge in [-0.05, 0) is 18.6 Å². The lowest BCUT2D eigenvalue weighted by Gasteiger charge is -2.27. The Kier molecular flexibility index (Phi) is 3.46. The van der Waals surface area contributed by atoms with Gasteiger partial charge in [0.05, 0.1) is 17.7 Å². The second-order valence-corrected chi connectivity index (χ2v) is 6.03. The van der Waals surface area contributed by atoms with Crippen LogP contribution in [-0.2, 0) is 9.59 Å². The van der Waals surface area contributed by atoms with Crippen LogP contribution in [0.4, 0.5) is 0 Å². The quantitative estimate of drug-likeness (QED) is 0.674. The number of aliphatic hydroxyl groups excluding tert-OH is 1. The van der Waals surface area contributed by atoms with Gasteiger partial charge in [-0.2, -0.15) is 0 Å². The number of nitrogens with one attached hydrogen (secondary N) is 1. The average Bonchev–Trinajstić information content (AvgIpc) is 2.84. The van der Waals surface area contributed by atoms with Crippen molar-refractivity contribution >= 4 is 23.6 Å². The molecule has 2 atom stereocenters. The van der Waals surface area contributed by atoms with Gasteiger partial charge in [-0.3, -0.25) is 29.4 Å². The fourth-order valence-corrected chi connectivity index (χ4v) is 3.17. The Labute approximate surface area is 141 Å². The molecule has 0 aliphatic carbocycles. The lowest BCUT2D eigenvalue weighted by atomic mass is 10.0. The summed E-state index contributed by atoms with van der Waals surface area (Å²) < 4.78 is 11.0. The van der Waals surface area contributed by atoms with Crippen molar-refractivity contribution in [3.63, 3.8) is 0 Å². The number of benzene rings is 1. The van der Waals surface area contributed by atoms with Gasteiger partial charge in [-0.25, -0.2) is 0 Å². The van der Waals surface area contributed by atoms with Crippen LogP contribution in [0.1, 0.15) is 33.6 Å². The van der Waals surface area contributed by atoms with E-state index in [2.05, 4.69) is 5.32 Å². The Morgan fingerprint density at radius 1 is 1.12 bits per heavy atom. The molecule has 3 aliphatic rings. The molecular weight excluding hydrogens is 332 g/mol. The number of imide groups is 2. The summed E-state index contributed by atoms with van der Waals surface area (Å²) in [7, 11) is 0. The van der Waals surface area contributed by atoms with E-state index in [1.807, 2.05) is 0 Å². The second kappa shape index (κ2) is 5.55. The van der Waals surface area contributed by atoms with Crippen LogP contribution < -0.4 is 14.8 Å². The highest BCUT2D eigenvalue weighted by atomic mass is 16.6. The Hall–Kier alpha value is -2.94. The van der Waals surface area contributed by atoms with E-state index in [4.69, 9.17) is 14.6 Å². The number of rotatable bonds is 2.